The molecule has 0 atom stereocenters. The van der Waals surface area contributed by atoms with Gasteiger partial charge >= 0.3 is 0 Å². The number of aromatic hydroxyl groups is 1. The van der Waals surface area contributed by atoms with Gasteiger partial charge in [0.1, 0.15) is 0 Å². The standard InChI is InChI=1S/C23H25FN4O/c24-22-16-19(15-20(23(22)29)17-26-28-13-9-25-10-14-28)4-3-18-5-7-21(8-6-18)27-11-1-2-12-27/h5-8,15-17,25,29H,1-2,9-14H2. The molecule has 0 aliphatic carbocycles. The number of hydrazone groups is 1. The van der Waals surface area contributed by atoms with Crippen LogP contribution in [0.1, 0.15) is 29.5 Å². The first-order valence-corrected chi connectivity index (χ1v) is 10.1. The van der Waals surface area contributed by atoms with Gasteiger partial charge in [0.05, 0.1) is 6.21 Å². The average molecular weight is 392 g/mol. The van der Waals surface area contributed by atoms with Crippen LogP contribution in [0.2, 0.25) is 0 Å². The van der Waals surface area contributed by atoms with Gasteiger partial charge in [0, 0.05) is 61.6 Å². The Hall–Kier alpha value is -3.04. The minimum Gasteiger partial charge on any atom is -0.504 e. The topological polar surface area (TPSA) is 51.1 Å². The van der Waals surface area contributed by atoms with E-state index in [1.54, 1.807) is 6.07 Å². The predicted molar refractivity (Wildman–Crippen MR) is 114 cm³/mol. The largest absolute Gasteiger partial charge is 0.504 e. The fourth-order valence-electron chi connectivity index (χ4n) is 3.58. The lowest BCUT2D eigenvalue weighted by Gasteiger charge is -2.24. The first kappa shape index (κ1) is 19.3. The highest BCUT2D eigenvalue weighted by molar-refractivity contribution is 5.84. The summed E-state index contributed by atoms with van der Waals surface area (Å²) in [7, 11) is 0. The van der Waals surface area contributed by atoms with Gasteiger partial charge in [0.15, 0.2) is 11.6 Å². The van der Waals surface area contributed by atoms with Crippen molar-refractivity contribution in [2.75, 3.05) is 44.2 Å². The molecule has 4 rings (SSSR count). The number of halogens is 1. The Bertz CT molecular complexity index is 934. The molecule has 0 bridgehead atoms. The van der Waals surface area contributed by atoms with E-state index in [0.717, 1.165) is 44.8 Å². The zero-order chi connectivity index (χ0) is 20.1. The molecule has 0 radical (unpaired) electrons. The van der Waals surface area contributed by atoms with Gasteiger partial charge in [-0.1, -0.05) is 11.8 Å². The molecule has 2 aliphatic heterocycles. The number of phenols is 1. The number of hydrogen-bond donors (Lipinski definition) is 2. The van der Waals surface area contributed by atoms with Crippen molar-refractivity contribution in [2.45, 2.75) is 12.8 Å². The lowest BCUT2D eigenvalue weighted by atomic mass is 10.1. The van der Waals surface area contributed by atoms with Crippen LogP contribution in [0.5, 0.6) is 5.75 Å². The van der Waals surface area contributed by atoms with E-state index in [1.807, 2.05) is 17.1 Å². The number of anilines is 1. The summed E-state index contributed by atoms with van der Waals surface area (Å²) < 4.78 is 14.1. The normalized spacial score (nSPS) is 16.9. The number of rotatable bonds is 3. The third-order valence-electron chi connectivity index (χ3n) is 5.24. The van der Waals surface area contributed by atoms with Crippen LogP contribution >= 0.6 is 0 Å². The molecule has 0 aromatic heterocycles. The Labute approximate surface area is 170 Å². The van der Waals surface area contributed by atoms with Gasteiger partial charge in [-0.25, -0.2) is 4.39 Å². The second kappa shape index (κ2) is 8.97. The quantitative estimate of drug-likeness (QED) is 0.623. The Balaban J connectivity index is 1.50. The van der Waals surface area contributed by atoms with Gasteiger partial charge in [0.2, 0.25) is 0 Å². The summed E-state index contributed by atoms with van der Waals surface area (Å²) in [6, 6.07) is 11.1. The maximum Gasteiger partial charge on any atom is 0.166 e. The molecule has 2 aromatic rings. The van der Waals surface area contributed by atoms with Gasteiger partial charge in [-0.15, -0.1) is 0 Å². The zero-order valence-corrected chi connectivity index (χ0v) is 16.4. The van der Waals surface area contributed by atoms with E-state index in [-0.39, 0.29) is 0 Å². The molecule has 2 aromatic carbocycles. The van der Waals surface area contributed by atoms with E-state index < -0.39 is 11.6 Å². The minimum absolute atomic E-state index is 0.331. The Morgan fingerprint density at radius 3 is 2.38 bits per heavy atom. The molecular weight excluding hydrogens is 367 g/mol. The van der Waals surface area contributed by atoms with Crippen LogP contribution in [0.15, 0.2) is 41.5 Å². The molecule has 5 nitrogen and oxygen atoms in total. The second-order valence-electron chi connectivity index (χ2n) is 7.34. The van der Waals surface area contributed by atoms with Gasteiger partial charge in [-0.2, -0.15) is 5.10 Å². The number of nitrogens with one attached hydrogen (secondary N) is 1. The van der Waals surface area contributed by atoms with Crippen molar-refractivity contribution in [2.24, 2.45) is 5.10 Å². The maximum absolute atomic E-state index is 14.1. The SMILES string of the molecule is Oc1c(F)cc(C#Cc2ccc(N3CCCC3)cc2)cc1C=NN1CCNCC1. The smallest absolute Gasteiger partial charge is 0.166 e. The summed E-state index contributed by atoms with van der Waals surface area (Å²) in [6.07, 6.45) is 3.99. The van der Waals surface area contributed by atoms with E-state index in [0.29, 0.717) is 11.1 Å². The molecule has 2 aliphatic rings. The maximum atomic E-state index is 14.1. The number of phenolic OH excluding ortho intramolecular Hbond substituents is 1. The van der Waals surface area contributed by atoms with E-state index in [2.05, 4.69) is 39.3 Å². The highest BCUT2D eigenvalue weighted by Crippen LogP contribution is 2.22. The molecule has 2 saturated heterocycles. The monoisotopic (exact) mass is 392 g/mol. The third-order valence-corrected chi connectivity index (χ3v) is 5.24. The molecule has 0 spiro atoms. The molecular formula is C23H25FN4O. The van der Waals surface area contributed by atoms with Crippen molar-refractivity contribution in [3.8, 4) is 17.6 Å². The Kier molecular flexibility index (Phi) is 5.97. The summed E-state index contributed by atoms with van der Waals surface area (Å²) in [5.74, 6) is 4.98. The Morgan fingerprint density at radius 1 is 0.966 bits per heavy atom. The Morgan fingerprint density at radius 2 is 1.66 bits per heavy atom. The van der Waals surface area contributed by atoms with Crippen LogP contribution in [0.4, 0.5) is 10.1 Å². The minimum atomic E-state index is -0.692. The second-order valence-corrected chi connectivity index (χ2v) is 7.34. The average Bonchev–Trinajstić information content (AvgIpc) is 3.29. The van der Waals surface area contributed by atoms with Crippen molar-refractivity contribution in [1.29, 1.82) is 0 Å². The van der Waals surface area contributed by atoms with Gasteiger partial charge in [-0.3, -0.25) is 5.01 Å². The van der Waals surface area contributed by atoms with Crippen molar-refractivity contribution in [1.82, 2.24) is 10.3 Å². The van der Waals surface area contributed by atoms with Crippen molar-refractivity contribution in [3.05, 3.63) is 58.9 Å². The lowest BCUT2D eigenvalue weighted by molar-refractivity contribution is 0.253. The fourth-order valence-corrected chi connectivity index (χ4v) is 3.58. The third kappa shape index (κ3) is 4.87. The summed E-state index contributed by atoms with van der Waals surface area (Å²) in [5, 5.41) is 19.5. The van der Waals surface area contributed by atoms with E-state index in [4.69, 9.17) is 0 Å². The highest BCUT2D eigenvalue weighted by Gasteiger charge is 2.12. The zero-order valence-electron chi connectivity index (χ0n) is 16.4. The van der Waals surface area contributed by atoms with E-state index in [9.17, 15) is 9.50 Å². The molecule has 2 fully saturated rings. The first-order chi connectivity index (χ1) is 14.2. The van der Waals surface area contributed by atoms with Crippen molar-refractivity contribution >= 4 is 11.9 Å². The molecule has 2 heterocycles. The number of piperazine rings is 1. The van der Waals surface area contributed by atoms with Gasteiger partial charge in [0.25, 0.3) is 0 Å². The van der Waals surface area contributed by atoms with Crippen LogP contribution in [0.25, 0.3) is 0 Å². The van der Waals surface area contributed by atoms with Crippen LogP contribution < -0.4 is 10.2 Å². The summed E-state index contributed by atoms with van der Waals surface area (Å²) in [4.78, 5) is 2.37. The number of nitrogens with zero attached hydrogens (tertiary/aromatic N) is 3. The van der Waals surface area contributed by atoms with E-state index >= 15 is 0 Å². The highest BCUT2D eigenvalue weighted by atomic mass is 19.1. The van der Waals surface area contributed by atoms with Gasteiger partial charge < -0.3 is 15.3 Å². The predicted octanol–water partition coefficient (Wildman–Crippen LogP) is 2.77. The van der Waals surface area contributed by atoms with Crippen LogP contribution in [-0.2, 0) is 0 Å². The molecule has 150 valence electrons. The summed E-state index contributed by atoms with van der Waals surface area (Å²) >= 11 is 0. The molecule has 0 unspecified atom stereocenters. The summed E-state index contributed by atoms with van der Waals surface area (Å²) in [5.41, 5.74) is 2.93. The van der Waals surface area contributed by atoms with Crippen LogP contribution in [0.3, 0.4) is 0 Å². The van der Waals surface area contributed by atoms with E-state index in [1.165, 1.54) is 30.8 Å². The molecule has 29 heavy (non-hydrogen) atoms. The van der Waals surface area contributed by atoms with Gasteiger partial charge in [-0.05, 0) is 49.2 Å². The lowest BCUT2D eigenvalue weighted by Crippen LogP contribution is -2.40. The summed E-state index contributed by atoms with van der Waals surface area (Å²) in [6.45, 7) is 5.50. The molecule has 0 saturated carbocycles. The fraction of sp³-hybridized carbons (Fsp3) is 0.348. The van der Waals surface area contributed by atoms with Crippen molar-refractivity contribution in [3.63, 3.8) is 0 Å². The molecule has 0 amide bonds. The number of hydrogen-bond acceptors (Lipinski definition) is 5. The van der Waals surface area contributed by atoms with Crippen LogP contribution in [0, 0.1) is 17.7 Å². The molecule has 6 heteroatoms. The van der Waals surface area contributed by atoms with Crippen molar-refractivity contribution < 1.29 is 9.50 Å². The molecule has 2 N–H and O–H groups in total. The number of benzene rings is 2. The first-order valence-electron chi connectivity index (χ1n) is 10.1. The van der Waals surface area contributed by atoms with Crippen LogP contribution in [-0.4, -0.2) is 55.6 Å².